The molecule has 0 radical (unpaired) electrons. The maximum absolute atomic E-state index is 13.6. The molecular weight excluding hydrogens is 390 g/mol. The zero-order valence-electron chi connectivity index (χ0n) is 14.4. The first-order chi connectivity index (χ1) is 12.6. The molecule has 3 rings (SSSR count). The van der Waals surface area contributed by atoms with E-state index in [0.29, 0.717) is 31.7 Å². The van der Waals surface area contributed by atoms with Crippen molar-refractivity contribution in [2.75, 3.05) is 5.75 Å². The summed E-state index contributed by atoms with van der Waals surface area (Å²) in [5, 5.41) is 0. The van der Waals surface area contributed by atoms with Crippen LogP contribution in [0.25, 0.3) is 11.0 Å². The minimum Gasteiger partial charge on any atom is -0.461 e. The minimum absolute atomic E-state index is 0.0128. The number of alkyl halides is 3. The predicted molar refractivity (Wildman–Crippen MR) is 90.3 cm³/mol. The monoisotopic (exact) mass is 409 g/mol. The second-order valence-corrected chi connectivity index (χ2v) is 8.54. The number of hydrogen-bond donors (Lipinski definition) is 2. The molecule has 150 valence electrons. The van der Waals surface area contributed by atoms with E-state index in [1.165, 1.54) is 0 Å². The van der Waals surface area contributed by atoms with Gasteiger partial charge in [0.05, 0.1) is 22.3 Å². The van der Waals surface area contributed by atoms with Crippen molar-refractivity contribution in [1.82, 2.24) is 14.7 Å². The van der Waals surface area contributed by atoms with E-state index in [1.807, 2.05) is 0 Å². The van der Waals surface area contributed by atoms with Gasteiger partial charge in [-0.15, -0.1) is 0 Å². The van der Waals surface area contributed by atoms with E-state index in [2.05, 4.69) is 14.7 Å². The summed E-state index contributed by atoms with van der Waals surface area (Å²) in [6, 6.07) is 1.24. The van der Waals surface area contributed by atoms with Gasteiger partial charge in [0.2, 0.25) is 10.0 Å². The number of nitrogens with one attached hydrogen (secondary N) is 2. The van der Waals surface area contributed by atoms with Gasteiger partial charge in [-0.25, -0.2) is 17.5 Å². The highest BCUT2D eigenvalue weighted by atomic mass is 32.2. The Morgan fingerprint density at radius 3 is 2.52 bits per heavy atom. The van der Waals surface area contributed by atoms with Crippen molar-refractivity contribution in [3.63, 3.8) is 0 Å². The second-order valence-electron chi connectivity index (χ2n) is 6.50. The highest BCUT2D eigenvalue weighted by molar-refractivity contribution is 7.89. The van der Waals surface area contributed by atoms with E-state index in [0.717, 1.165) is 6.07 Å². The van der Waals surface area contributed by atoms with Crippen molar-refractivity contribution in [2.24, 2.45) is 0 Å². The summed E-state index contributed by atoms with van der Waals surface area (Å²) in [5.41, 5.74) is -1.29. The normalized spacial score (nSPS) is 21.5. The van der Waals surface area contributed by atoms with Crippen molar-refractivity contribution in [3.05, 3.63) is 23.5 Å². The highest BCUT2D eigenvalue weighted by Crippen LogP contribution is 2.34. The fourth-order valence-electron chi connectivity index (χ4n) is 3.07. The summed E-state index contributed by atoms with van der Waals surface area (Å²) in [6.45, 7) is 1.56. The summed E-state index contributed by atoms with van der Waals surface area (Å²) >= 11 is 0. The Morgan fingerprint density at radius 2 is 1.93 bits per heavy atom. The molecule has 0 unspecified atom stereocenters. The minimum atomic E-state index is -4.80. The van der Waals surface area contributed by atoms with Crippen LogP contribution in [0.3, 0.4) is 0 Å². The van der Waals surface area contributed by atoms with Gasteiger partial charge in [0.15, 0.2) is 0 Å². The van der Waals surface area contributed by atoms with Gasteiger partial charge in [0, 0.05) is 12.1 Å². The summed E-state index contributed by atoms with van der Waals surface area (Å²) in [5.74, 6) is -1.38. The molecule has 1 fully saturated rings. The number of halogens is 4. The molecule has 1 aromatic carbocycles. The lowest BCUT2D eigenvalue weighted by Gasteiger charge is -2.28. The Hall–Kier alpha value is -1.88. The summed E-state index contributed by atoms with van der Waals surface area (Å²) in [4.78, 5) is 6.62. The zero-order chi connectivity index (χ0) is 19.8. The smallest absolute Gasteiger partial charge is 0.419 e. The third kappa shape index (κ3) is 4.70. The van der Waals surface area contributed by atoms with Crippen LogP contribution < -0.4 is 9.46 Å². The van der Waals surface area contributed by atoms with E-state index in [4.69, 9.17) is 4.74 Å². The molecule has 2 aromatic rings. The Bertz CT molecular complexity index is 919. The van der Waals surface area contributed by atoms with Crippen LogP contribution in [0, 0.1) is 5.82 Å². The van der Waals surface area contributed by atoms with Crippen LogP contribution in [-0.4, -0.2) is 36.3 Å². The number of ether oxygens (including phenoxy) is 1. The van der Waals surface area contributed by atoms with Gasteiger partial charge in [0.25, 0.3) is 6.01 Å². The molecule has 0 spiro atoms. The van der Waals surface area contributed by atoms with Crippen LogP contribution in [0.1, 0.15) is 38.2 Å². The molecule has 11 heteroatoms. The van der Waals surface area contributed by atoms with Gasteiger partial charge in [-0.05, 0) is 38.7 Å². The third-order valence-electron chi connectivity index (χ3n) is 4.53. The number of hydrogen-bond acceptors (Lipinski definition) is 4. The summed E-state index contributed by atoms with van der Waals surface area (Å²) < 4.78 is 83.4. The molecule has 0 atom stereocenters. The molecule has 0 amide bonds. The Morgan fingerprint density at radius 1 is 1.26 bits per heavy atom. The molecule has 0 bridgehead atoms. The molecule has 0 aliphatic heterocycles. The molecule has 27 heavy (non-hydrogen) atoms. The van der Waals surface area contributed by atoms with Gasteiger partial charge in [-0.2, -0.15) is 18.2 Å². The van der Waals surface area contributed by atoms with Crippen molar-refractivity contribution in [3.8, 4) is 6.01 Å². The number of sulfonamides is 1. The number of imidazole rings is 1. The lowest BCUT2D eigenvalue weighted by Crippen LogP contribution is -2.40. The molecule has 1 heterocycles. The van der Waals surface area contributed by atoms with Crippen LogP contribution in [0.5, 0.6) is 6.01 Å². The molecule has 6 nitrogen and oxygen atoms in total. The number of aromatic nitrogens is 2. The SMILES string of the molecule is CCS(=O)(=O)NC1CCC(Oc2nc3cc(F)c(C(F)(F)F)cc3[nH]2)CC1. The first-order valence-electron chi connectivity index (χ1n) is 8.50. The topological polar surface area (TPSA) is 84.1 Å². The first kappa shape index (κ1) is 19.9. The van der Waals surface area contributed by atoms with Gasteiger partial charge < -0.3 is 9.72 Å². The van der Waals surface area contributed by atoms with Crippen LogP contribution in [0.4, 0.5) is 17.6 Å². The quantitative estimate of drug-likeness (QED) is 0.742. The standard InChI is InChI=1S/C16H19F4N3O3S/c1-2-27(24,25)23-9-3-5-10(6-4-9)26-15-21-13-7-11(16(18,19)20)12(17)8-14(13)22-15/h7-10,23H,2-6H2,1H3,(H,21,22). The molecule has 1 saturated carbocycles. The lowest BCUT2D eigenvalue weighted by molar-refractivity contribution is -0.139. The average Bonchev–Trinajstić information content (AvgIpc) is 2.96. The molecule has 1 aliphatic carbocycles. The fraction of sp³-hybridized carbons (Fsp3) is 0.562. The fourth-order valence-corrected chi connectivity index (χ4v) is 3.98. The van der Waals surface area contributed by atoms with Crippen molar-refractivity contribution in [2.45, 2.75) is 50.9 Å². The number of fused-ring (bicyclic) bond motifs is 1. The zero-order valence-corrected chi connectivity index (χ0v) is 15.3. The lowest BCUT2D eigenvalue weighted by atomic mass is 9.94. The van der Waals surface area contributed by atoms with Crippen LogP contribution in [0.2, 0.25) is 0 Å². The van der Waals surface area contributed by atoms with Crippen molar-refractivity contribution in [1.29, 1.82) is 0 Å². The summed E-state index contributed by atoms with van der Waals surface area (Å²) in [7, 11) is -3.27. The Balaban J connectivity index is 1.66. The van der Waals surface area contributed by atoms with E-state index < -0.39 is 27.6 Å². The number of rotatable bonds is 5. The maximum atomic E-state index is 13.6. The van der Waals surface area contributed by atoms with E-state index in [1.54, 1.807) is 6.92 Å². The van der Waals surface area contributed by atoms with Crippen molar-refractivity contribution < 1.29 is 30.7 Å². The van der Waals surface area contributed by atoms with Gasteiger partial charge in [0.1, 0.15) is 11.9 Å². The molecule has 1 aliphatic rings. The highest BCUT2D eigenvalue weighted by Gasteiger charge is 2.35. The van der Waals surface area contributed by atoms with Crippen LogP contribution >= 0.6 is 0 Å². The number of aromatic amines is 1. The van der Waals surface area contributed by atoms with Gasteiger partial charge in [-0.1, -0.05) is 0 Å². The van der Waals surface area contributed by atoms with Crippen molar-refractivity contribution >= 4 is 21.1 Å². The molecule has 2 N–H and O–H groups in total. The maximum Gasteiger partial charge on any atom is 0.419 e. The Kier molecular flexibility index (Phi) is 5.35. The summed E-state index contributed by atoms with van der Waals surface area (Å²) in [6.07, 6.45) is -2.76. The van der Waals surface area contributed by atoms with Gasteiger partial charge >= 0.3 is 6.18 Å². The van der Waals surface area contributed by atoms with E-state index >= 15 is 0 Å². The molecule has 0 saturated heterocycles. The number of H-pyrrole nitrogens is 1. The van der Waals surface area contributed by atoms with Crippen LogP contribution in [-0.2, 0) is 16.2 Å². The van der Waals surface area contributed by atoms with E-state index in [9.17, 15) is 26.0 Å². The first-order valence-corrected chi connectivity index (χ1v) is 10.2. The van der Waals surface area contributed by atoms with E-state index in [-0.39, 0.29) is 34.9 Å². The third-order valence-corrected chi connectivity index (χ3v) is 5.99. The number of benzene rings is 1. The molecule has 1 aromatic heterocycles. The van der Waals surface area contributed by atoms with Crippen LogP contribution in [0.15, 0.2) is 12.1 Å². The number of nitrogens with zero attached hydrogens (tertiary/aromatic N) is 1. The van der Waals surface area contributed by atoms with Gasteiger partial charge in [-0.3, -0.25) is 0 Å². The second kappa shape index (κ2) is 7.27. The predicted octanol–water partition coefficient (Wildman–Crippen LogP) is 3.35. The largest absolute Gasteiger partial charge is 0.461 e. The average molecular weight is 409 g/mol. The molecular formula is C16H19F4N3O3S. The Labute approximate surface area is 153 Å².